The van der Waals surface area contributed by atoms with Crippen LogP contribution in [0.15, 0.2) is 121 Å². The van der Waals surface area contributed by atoms with Gasteiger partial charge in [-0.2, -0.15) is 0 Å². The molecule has 0 spiro atoms. The van der Waals surface area contributed by atoms with Gasteiger partial charge in [0.15, 0.2) is 0 Å². The third-order valence-electron chi connectivity index (χ3n) is 8.20. The van der Waals surface area contributed by atoms with Gasteiger partial charge in [0.05, 0.1) is 21.8 Å². The maximum atomic E-state index is 12.6. The second kappa shape index (κ2) is 27.1. The molecular weight excluding hydrogens is 922 g/mol. The highest BCUT2D eigenvalue weighted by molar-refractivity contribution is 6.42. The van der Waals surface area contributed by atoms with Crippen molar-refractivity contribution < 1.29 is 24.0 Å². The lowest BCUT2D eigenvalue weighted by Gasteiger charge is -2.24. The molecule has 13 nitrogen and oxygen atoms in total. The van der Waals surface area contributed by atoms with E-state index in [0.717, 1.165) is 10.6 Å². The fourth-order valence-electron chi connectivity index (χ4n) is 4.42. The van der Waals surface area contributed by atoms with Crippen LogP contribution in [-0.4, -0.2) is 105 Å². The second-order valence-corrected chi connectivity index (χ2v) is 16.0. The lowest BCUT2D eigenvalue weighted by molar-refractivity contribution is 0.0988. The fourth-order valence-corrected chi connectivity index (χ4v) is 5.10. The number of halogens is 5. The van der Waals surface area contributed by atoms with Crippen molar-refractivity contribution in [3.63, 3.8) is 0 Å². The summed E-state index contributed by atoms with van der Waals surface area (Å²) in [5.41, 5.74) is 2.97. The van der Waals surface area contributed by atoms with E-state index in [-0.39, 0.29) is 30.0 Å². The van der Waals surface area contributed by atoms with Crippen LogP contribution in [0.25, 0.3) is 0 Å². The summed E-state index contributed by atoms with van der Waals surface area (Å²) >= 11 is 28.8. The number of amides is 9. The molecule has 0 aromatic heterocycles. The average molecular weight is 971 g/mol. The minimum absolute atomic E-state index is 0.151. The van der Waals surface area contributed by atoms with Crippen LogP contribution in [-0.2, 0) is 0 Å². The van der Waals surface area contributed by atoms with Gasteiger partial charge in [-0.05, 0) is 110 Å². The SMILES string of the molecule is C#CC(C)N(C)C(=O)Nc1ccc(Cl)cc1.CN(C)C(=O)N(C(=O)c1ccccc1)c1ccc(Cl)cc1.CN(C)C(=O)Nc1ccc(Cl)c(Cl)c1.CN(C)C(=O)Nc1ccc(Cl)cc1. The van der Waals surface area contributed by atoms with Crippen molar-refractivity contribution in [2.45, 2.75) is 13.0 Å². The standard InChI is InChI=1S/C16H15ClN2O2.C12H13ClN2O.C9H10Cl2N2O.C9H11ClN2O/c1-18(2)16(21)19(14-10-8-13(17)9-11-14)15(20)12-6-4-3-5-7-12;1-4-9(2)15(3)12(16)14-11-7-5-10(13)6-8-11;1-13(2)9(14)12-6-3-4-7(10)8(11)5-6;1-12(2)9(13)11-8-5-3-7(10)4-6-8/h3-11H,1-2H3;1,5-9H,2-3H3,(H,14,16);3-5H,1-2H3,(H,12,14);3-6H,1-2H3,(H,11,13). The van der Waals surface area contributed by atoms with Gasteiger partial charge in [-0.25, -0.2) is 24.1 Å². The molecule has 0 aliphatic rings. The average Bonchev–Trinajstić information content (AvgIpc) is 3.27. The minimum Gasteiger partial charge on any atom is -0.331 e. The van der Waals surface area contributed by atoms with Crippen molar-refractivity contribution in [2.24, 2.45) is 0 Å². The Bertz CT molecular complexity index is 2340. The van der Waals surface area contributed by atoms with Gasteiger partial charge in [0.1, 0.15) is 0 Å². The molecule has 18 heteroatoms. The van der Waals surface area contributed by atoms with Crippen molar-refractivity contribution in [1.82, 2.24) is 19.6 Å². The Hall–Kier alpha value is -6.14. The quantitative estimate of drug-likeness (QED) is 0.146. The van der Waals surface area contributed by atoms with Gasteiger partial charge in [-0.1, -0.05) is 82.1 Å². The lowest BCUT2D eigenvalue weighted by atomic mass is 10.2. The predicted molar refractivity (Wildman–Crippen MR) is 264 cm³/mol. The van der Waals surface area contributed by atoms with E-state index in [1.165, 1.54) is 19.6 Å². The molecule has 338 valence electrons. The van der Waals surface area contributed by atoms with Gasteiger partial charge in [-0.3, -0.25) is 4.79 Å². The van der Waals surface area contributed by atoms with Crippen LogP contribution < -0.4 is 20.9 Å². The number of urea groups is 4. The first kappa shape index (κ1) is 54.0. The number of anilines is 4. The van der Waals surface area contributed by atoms with Crippen LogP contribution in [0.2, 0.25) is 25.1 Å². The largest absolute Gasteiger partial charge is 0.331 e. The zero-order valence-electron chi connectivity index (χ0n) is 36.4. The molecule has 5 aromatic carbocycles. The number of nitrogens with zero attached hydrogens (tertiary/aromatic N) is 5. The highest BCUT2D eigenvalue weighted by Gasteiger charge is 2.26. The molecule has 64 heavy (non-hydrogen) atoms. The van der Waals surface area contributed by atoms with Crippen LogP contribution in [0.3, 0.4) is 0 Å². The van der Waals surface area contributed by atoms with Gasteiger partial charge in [-0.15, -0.1) is 6.42 Å². The smallest absolute Gasteiger partial charge is 0.331 e. The summed E-state index contributed by atoms with van der Waals surface area (Å²) < 4.78 is 0. The summed E-state index contributed by atoms with van der Waals surface area (Å²) in [5.74, 6) is 2.11. The van der Waals surface area contributed by atoms with E-state index in [1.54, 1.807) is 172 Å². The monoisotopic (exact) mass is 968 g/mol. The molecule has 0 radical (unpaired) electrons. The normalized spacial score (nSPS) is 10.2. The Labute approximate surface area is 399 Å². The summed E-state index contributed by atoms with van der Waals surface area (Å²) in [6.45, 7) is 1.78. The number of imide groups is 1. The third kappa shape index (κ3) is 18.7. The first-order valence-electron chi connectivity index (χ1n) is 18.9. The second-order valence-electron chi connectivity index (χ2n) is 13.8. The maximum Gasteiger partial charge on any atom is 0.331 e. The van der Waals surface area contributed by atoms with Gasteiger partial charge in [0, 0.05) is 87.0 Å². The molecule has 0 saturated carbocycles. The number of benzene rings is 5. The Kier molecular flexibility index (Phi) is 22.9. The molecule has 0 aliphatic heterocycles. The number of carbonyl (C=O) groups excluding carboxylic acids is 5. The van der Waals surface area contributed by atoms with Crippen molar-refractivity contribution in [3.05, 3.63) is 152 Å². The van der Waals surface area contributed by atoms with Crippen molar-refractivity contribution in [3.8, 4) is 12.3 Å². The third-order valence-corrected chi connectivity index (χ3v) is 9.69. The van der Waals surface area contributed by atoms with E-state index < -0.39 is 6.03 Å². The van der Waals surface area contributed by atoms with E-state index in [2.05, 4.69) is 21.9 Å². The molecule has 0 saturated heterocycles. The van der Waals surface area contributed by atoms with Crippen molar-refractivity contribution in [1.29, 1.82) is 0 Å². The Morgan fingerprint density at radius 2 is 0.922 bits per heavy atom. The van der Waals surface area contributed by atoms with E-state index in [4.69, 9.17) is 64.4 Å². The molecule has 1 unspecified atom stereocenters. The number of hydrogen-bond donors (Lipinski definition) is 3. The van der Waals surface area contributed by atoms with Crippen molar-refractivity contribution >= 4 is 111 Å². The Morgan fingerprint density at radius 3 is 1.33 bits per heavy atom. The van der Waals surface area contributed by atoms with Crippen LogP contribution in [0.5, 0.6) is 0 Å². The number of terminal acetylenes is 1. The molecule has 0 bridgehead atoms. The van der Waals surface area contributed by atoms with Gasteiger partial charge in [0.2, 0.25) is 0 Å². The topological polar surface area (TPSA) is 138 Å². The Morgan fingerprint density at radius 1 is 0.516 bits per heavy atom. The van der Waals surface area contributed by atoms with E-state index in [9.17, 15) is 24.0 Å². The summed E-state index contributed by atoms with van der Waals surface area (Å²) in [6.07, 6.45) is 5.23. The first-order valence-corrected chi connectivity index (χ1v) is 20.8. The zero-order chi connectivity index (χ0) is 48.1. The fraction of sp³-hybridized carbons (Fsp3) is 0.196. The van der Waals surface area contributed by atoms with E-state index in [1.807, 2.05) is 6.07 Å². The van der Waals surface area contributed by atoms with E-state index in [0.29, 0.717) is 47.7 Å². The summed E-state index contributed by atoms with van der Waals surface area (Å²) in [6, 6.07) is 32.8. The highest BCUT2D eigenvalue weighted by Crippen LogP contribution is 2.25. The highest BCUT2D eigenvalue weighted by atomic mass is 35.5. The minimum atomic E-state index is -0.411. The number of carbonyl (C=O) groups is 5. The van der Waals surface area contributed by atoms with Crippen LogP contribution in [0.4, 0.5) is 41.9 Å². The van der Waals surface area contributed by atoms with Crippen LogP contribution in [0.1, 0.15) is 17.3 Å². The molecule has 0 heterocycles. The van der Waals surface area contributed by atoms with E-state index >= 15 is 0 Å². The predicted octanol–water partition coefficient (Wildman–Crippen LogP) is 12.0. The lowest BCUT2D eigenvalue weighted by Crippen LogP contribution is -2.43. The van der Waals surface area contributed by atoms with Crippen LogP contribution >= 0.6 is 58.0 Å². The zero-order valence-corrected chi connectivity index (χ0v) is 40.1. The van der Waals surface area contributed by atoms with Crippen molar-refractivity contribution in [2.75, 3.05) is 70.2 Å². The summed E-state index contributed by atoms with van der Waals surface area (Å²) in [7, 11) is 11.5. The molecular formula is C46H49Cl5N8O5. The molecule has 0 aliphatic carbocycles. The molecule has 1 atom stereocenters. The van der Waals surface area contributed by atoms with Crippen LogP contribution in [0, 0.1) is 12.3 Å². The summed E-state index contributed by atoms with van der Waals surface area (Å²) in [5, 5.41) is 10.8. The first-order chi connectivity index (χ1) is 30.1. The Balaban J connectivity index is 0.000000299. The number of nitrogens with one attached hydrogen (secondary N) is 3. The molecule has 9 amide bonds. The summed E-state index contributed by atoms with van der Waals surface area (Å²) in [4.78, 5) is 65.9. The van der Waals surface area contributed by atoms with Gasteiger partial charge >= 0.3 is 24.1 Å². The molecule has 3 N–H and O–H groups in total. The number of hydrogen-bond acceptors (Lipinski definition) is 5. The van der Waals surface area contributed by atoms with Gasteiger partial charge in [0.25, 0.3) is 5.91 Å². The number of rotatable bonds is 6. The van der Waals surface area contributed by atoms with Gasteiger partial charge < -0.3 is 35.6 Å². The molecule has 0 fully saturated rings. The molecule has 5 aromatic rings. The molecule has 5 rings (SSSR count). The maximum absolute atomic E-state index is 12.6.